The molecule has 0 unspecified atom stereocenters. The van der Waals surface area contributed by atoms with E-state index in [-0.39, 0.29) is 0 Å². The zero-order valence-electron chi connectivity index (χ0n) is 16.2. The first kappa shape index (κ1) is 17.6. The van der Waals surface area contributed by atoms with E-state index < -0.39 is 0 Å². The Morgan fingerprint density at radius 2 is 1.86 bits per heavy atom. The van der Waals surface area contributed by atoms with Crippen molar-refractivity contribution < 1.29 is 0 Å². The van der Waals surface area contributed by atoms with Crippen LogP contribution in [0.1, 0.15) is 12.1 Å². The van der Waals surface area contributed by atoms with Crippen LogP contribution in [0.2, 0.25) is 0 Å². The number of nitrogens with one attached hydrogen (secondary N) is 1. The van der Waals surface area contributed by atoms with Crippen LogP contribution in [0.3, 0.4) is 0 Å². The van der Waals surface area contributed by atoms with Crippen molar-refractivity contribution in [1.82, 2.24) is 40.2 Å². The van der Waals surface area contributed by atoms with Crippen LogP contribution in [0.15, 0.2) is 42.9 Å². The Labute approximate surface area is 167 Å². The normalized spacial score (nSPS) is 14.9. The maximum atomic E-state index is 4.87. The van der Waals surface area contributed by atoms with Gasteiger partial charge in [-0.05, 0) is 38.1 Å². The molecule has 0 spiro atoms. The smallest absolute Gasteiger partial charge is 0.156 e. The molecule has 5 rings (SSSR count). The molecule has 0 aromatic carbocycles. The zero-order chi connectivity index (χ0) is 19.6. The largest absolute Gasteiger partial charge is 0.355 e. The van der Waals surface area contributed by atoms with Crippen LogP contribution in [-0.2, 0) is 0 Å². The van der Waals surface area contributed by atoms with E-state index in [2.05, 4.69) is 35.5 Å². The second kappa shape index (κ2) is 7.51. The lowest BCUT2D eigenvalue weighted by Gasteiger charge is -2.21. The molecule has 29 heavy (non-hydrogen) atoms. The molecular weight excluding hydrogens is 366 g/mol. The third-order valence-electron chi connectivity index (χ3n) is 4.94. The van der Waals surface area contributed by atoms with Crippen molar-refractivity contribution >= 4 is 16.9 Å². The van der Waals surface area contributed by atoms with E-state index in [0.29, 0.717) is 16.9 Å². The van der Waals surface area contributed by atoms with Gasteiger partial charge in [-0.3, -0.25) is 4.98 Å². The summed E-state index contributed by atoms with van der Waals surface area (Å²) in [6.45, 7) is 5.85. The molecule has 1 fully saturated rings. The lowest BCUT2D eigenvalue weighted by atomic mass is 10.2. The Morgan fingerprint density at radius 1 is 0.931 bits per heavy atom. The maximum Gasteiger partial charge on any atom is 0.156 e. The van der Waals surface area contributed by atoms with Crippen molar-refractivity contribution in [2.45, 2.75) is 13.3 Å². The van der Waals surface area contributed by atoms with Crippen molar-refractivity contribution in [3.8, 4) is 17.2 Å². The van der Waals surface area contributed by atoms with E-state index in [0.717, 1.165) is 55.4 Å². The SMILES string of the molecule is Cc1cncc(-c2cc3c(cnn3-c3cccc(N4CCCNCC4)n3)nn2)n1. The van der Waals surface area contributed by atoms with Gasteiger partial charge in [0.1, 0.15) is 22.7 Å². The average Bonchev–Trinajstić information content (AvgIpc) is 2.98. The highest BCUT2D eigenvalue weighted by molar-refractivity contribution is 5.78. The number of fused-ring (bicyclic) bond motifs is 1. The lowest BCUT2D eigenvalue weighted by Crippen LogP contribution is -2.28. The molecule has 0 bridgehead atoms. The van der Waals surface area contributed by atoms with Gasteiger partial charge >= 0.3 is 0 Å². The van der Waals surface area contributed by atoms with Gasteiger partial charge in [-0.25, -0.2) is 14.6 Å². The fraction of sp³-hybridized carbons (Fsp3) is 0.300. The fourth-order valence-corrected chi connectivity index (χ4v) is 3.50. The summed E-state index contributed by atoms with van der Waals surface area (Å²) in [4.78, 5) is 15.9. The van der Waals surface area contributed by atoms with Gasteiger partial charge in [-0.15, -0.1) is 10.2 Å². The minimum Gasteiger partial charge on any atom is -0.355 e. The monoisotopic (exact) mass is 387 g/mol. The highest BCUT2D eigenvalue weighted by Crippen LogP contribution is 2.22. The first-order valence-corrected chi connectivity index (χ1v) is 9.71. The maximum absolute atomic E-state index is 4.87. The third-order valence-corrected chi connectivity index (χ3v) is 4.94. The van der Waals surface area contributed by atoms with Crippen molar-refractivity contribution in [1.29, 1.82) is 0 Å². The Bertz CT molecular complexity index is 1150. The van der Waals surface area contributed by atoms with Crippen LogP contribution in [0.5, 0.6) is 0 Å². The molecular formula is C20H21N9. The van der Waals surface area contributed by atoms with Crippen LogP contribution in [0.4, 0.5) is 5.82 Å². The van der Waals surface area contributed by atoms with E-state index in [1.807, 2.05) is 31.2 Å². The van der Waals surface area contributed by atoms with E-state index in [1.54, 1.807) is 23.3 Å². The van der Waals surface area contributed by atoms with Gasteiger partial charge in [0.05, 0.1) is 23.6 Å². The summed E-state index contributed by atoms with van der Waals surface area (Å²) in [6, 6.07) is 7.96. The number of anilines is 1. The number of aromatic nitrogens is 7. The van der Waals surface area contributed by atoms with Crippen LogP contribution >= 0.6 is 0 Å². The van der Waals surface area contributed by atoms with Crippen LogP contribution in [0.25, 0.3) is 28.2 Å². The molecule has 1 aliphatic heterocycles. The number of hydrogen-bond donors (Lipinski definition) is 1. The highest BCUT2D eigenvalue weighted by atomic mass is 15.3. The van der Waals surface area contributed by atoms with Gasteiger partial charge in [-0.1, -0.05) is 6.07 Å². The summed E-state index contributed by atoms with van der Waals surface area (Å²) >= 11 is 0. The van der Waals surface area contributed by atoms with Crippen LogP contribution in [-0.4, -0.2) is 61.1 Å². The van der Waals surface area contributed by atoms with Gasteiger partial charge in [0.25, 0.3) is 0 Å². The van der Waals surface area contributed by atoms with Crippen molar-refractivity contribution in [2.24, 2.45) is 0 Å². The van der Waals surface area contributed by atoms with E-state index >= 15 is 0 Å². The minimum absolute atomic E-state index is 0.658. The molecule has 9 heteroatoms. The van der Waals surface area contributed by atoms with Gasteiger partial charge in [0.2, 0.25) is 0 Å². The quantitative estimate of drug-likeness (QED) is 0.568. The topological polar surface area (TPSA) is 97.5 Å². The molecule has 5 heterocycles. The molecule has 4 aromatic heterocycles. The third kappa shape index (κ3) is 3.52. The second-order valence-corrected chi connectivity index (χ2v) is 7.05. The van der Waals surface area contributed by atoms with Crippen molar-refractivity contribution in [3.05, 3.63) is 48.5 Å². The summed E-state index contributed by atoms with van der Waals surface area (Å²) < 4.78 is 1.80. The molecule has 146 valence electrons. The summed E-state index contributed by atoms with van der Waals surface area (Å²) in [7, 11) is 0. The Balaban J connectivity index is 1.55. The minimum atomic E-state index is 0.658. The number of aryl methyl sites for hydroxylation is 1. The molecule has 1 N–H and O–H groups in total. The summed E-state index contributed by atoms with van der Waals surface area (Å²) in [6.07, 6.45) is 6.22. The number of rotatable bonds is 3. The van der Waals surface area contributed by atoms with E-state index in [4.69, 9.17) is 4.98 Å². The summed E-state index contributed by atoms with van der Waals surface area (Å²) in [5.41, 5.74) is 3.72. The Morgan fingerprint density at radius 3 is 2.79 bits per heavy atom. The Hall–Kier alpha value is -3.46. The first-order chi connectivity index (χ1) is 14.3. The van der Waals surface area contributed by atoms with Crippen LogP contribution < -0.4 is 10.2 Å². The standard InChI is InChI=1S/C20H21N9/c1-14-11-22-12-16(24-14)15-10-18-17(27-26-15)13-23-29(18)20-5-2-4-19(25-20)28-8-3-6-21-7-9-28/h2,4-5,10-13,21H,3,6-9H2,1H3. The van der Waals surface area contributed by atoms with Crippen LogP contribution in [0, 0.1) is 6.92 Å². The first-order valence-electron chi connectivity index (χ1n) is 9.71. The molecule has 0 amide bonds. The molecule has 1 saturated heterocycles. The average molecular weight is 387 g/mol. The predicted molar refractivity (Wildman–Crippen MR) is 110 cm³/mol. The van der Waals surface area contributed by atoms with E-state index in [9.17, 15) is 0 Å². The van der Waals surface area contributed by atoms with Gasteiger partial charge in [-0.2, -0.15) is 5.10 Å². The summed E-state index contributed by atoms with van der Waals surface area (Å²) in [5.74, 6) is 1.71. The molecule has 4 aromatic rings. The predicted octanol–water partition coefficient (Wildman–Crippen LogP) is 1.78. The van der Waals surface area contributed by atoms with Gasteiger partial charge < -0.3 is 10.2 Å². The fourth-order valence-electron chi connectivity index (χ4n) is 3.50. The molecule has 1 aliphatic rings. The summed E-state index contributed by atoms with van der Waals surface area (Å²) in [5, 5.41) is 16.5. The van der Waals surface area contributed by atoms with E-state index in [1.165, 1.54) is 0 Å². The molecule has 0 atom stereocenters. The zero-order valence-corrected chi connectivity index (χ0v) is 16.2. The van der Waals surface area contributed by atoms with Crippen molar-refractivity contribution in [3.63, 3.8) is 0 Å². The molecule has 0 saturated carbocycles. The number of pyridine rings is 1. The highest BCUT2D eigenvalue weighted by Gasteiger charge is 2.14. The van der Waals surface area contributed by atoms with Gasteiger partial charge in [0, 0.05) is 25.8 Å². The number of nitrogens with zero attached hydrogens (tertiary/aromatic N) is 8. The molecule has 0 aliphatic carbocycles. The van der Waals surface area contributed by atoms with Gasteiger partial charge in [0.15, 0.2) is 5.82 Å². The van der Waals surface area contributed by atoms with Crippen molar-refractivity contribution in [2.75, 3.05) is 31.1 Å². The Kier molecular flexibility index (Phi) is 4.57. The molecule has 0 radical (unpaired) electrons. The molecule has 9 nitrogen and oxygen atoms in total. The second-order valence-electron chi connectivity index (χ2n) is 7.05. The lowest BCUT2D eigenvalue weighted by molar-refractivity contribution is 0.724. The number of hydrogen-bond acceptors (Lipinski definition) is 8.